The molecule has 0 aromatic heterocycles. The molecule has 0 aliphatic carbocycles. The summed E-state index contributed by atoms with van der Waals surface area (Å²) in [4.78, 5) is 0. The summed E-state index contributed by atoms with van der Waals surface area (Å²) < 4.78 is 10.7. The lowest BCUT2D eigenvalue weighted by Gasteiger charge is -2.17. The van der Waals surface area contributed by atoms with Crippen LogP contribution in [0, 0.1) is 6.92 Å². The molecule has 0 heterocycles. The van der Waals surface area contributed by atoms with Gasteiger partial charge in [0.05, 0.1) is 13.2 Å². The maximum absolute atomic E-state index is 9.24. The minimum absolute atomic E-state index is 0.000569. The van der Waals surface area contributed by atoms with E-state index in [4.69, 9.17) is 9.47 Å². The topological polar surface area (TPSA) is 58.9 Å². The maximum Gasteiger partial charge on any atom is 0.492 e. The van der Waals surface area contributed by atoms with Gasteiger partial charge in [-0.15, -0.1) is 0 Å². The second-order valence-corrected chi connectivity index (χ2v) is 3.93. The van der Waals surface area contributed by atoms with E-state index in [1.54, 1.807) is 6.07 Å². The highest BCUT2D eigenvalue weighted by Gasteiger charge is 2.21. The molecule has 1 aromatic carbocycles. The fourth-order valence-electron chi connectivity index (χ4n) is 1.52. The first kappa shape index (κ1) is 12.9. The van der Waals surface area contributed by atoms with Crippen molar-refractivity contribution in [3.8, 4) is 11.5 Å². The third-order valence-electron chi connectivity index (χ3n) is 2.07. The van der Waals surface area contributed by atoms with Gasteiger partial charge in [0.15, 0.2) is 11.5 Å². The summed E-state index contributed by atoms with van der Waals surface area (Å²) >= 11 is 0. The third-order valence-corrected chi connectivity index (χ3v) is 2.07. The fraction of sp³-hybridized carbons (Fsp3) is 0.455. The first-order chi connectivity index (χ1) is 7.45. The molecule has 5 heteroatoms. The van der Waals surface area contributed by atoms with Crippen LogP contribution in [-0.2, 0) is 0 Å². The largest absolute Gasteiger partial charge is 0.493 e. The van der Waals surface area contributed by atoms with Crippen molar-refractivity contribution in [2.24, 2.45) is 0 Å². The molecule has 1 rings (SSSR count). The molecule has 0 atom stereocenters. The zero-order chi connectivity index (χ0) is 12.3. The standard InChI is InChI=1S/C11H17BO4/c1-7(2)16-10-6-8(3)5-9(12(13)14)11(10)15-4/h5-7,13-14H,1-4H3. The van der Waals surface area contributed by atoms with Crippen molar-refractivity contribution in [3.63, 3.8) is 0 Å². The summed E-state index contributed by atoms with van der Waals surface area (Å²) in [5, 5.41) is 18.5. The van der Waals surface area contributed by atoms with Gasteiger partial charge in [-0.05, 0) is 32.4 Å². The lowest BCUT2D eigenvalue weighted by atomic mass is 9.78. The summed E-state index contributed by atoms with van der Waals surface area (Å²) in [7, 11) is -0.0895. The predicted octanol–water partition coefficient (Wildman–Crippen LogP) is 0.471. The number of aryl methyl sites for hydroxylation is 1. The molecule has 0 saturated heterocycles. The Morgan fingerprint density at radius 1 is 1.25 bits per heavy atom. The van der Waals surface area contributed by atoms with E-state index < -0.39 is 7.12 Å². The monoisotopic (exact) mass is 224 g/mol. The summed E-state index contributed by atoms with van der Waals surface area (Å²) in [5.41, 5.74) is 1.21. The van der Waals surface area contributed by atoms with Gasteiger partial charge in [0.1, 0.15) is 0 Å². The zero-order valence-electron chi connectivity index (χ0n) is 10.0. The third kappa shape index (κ3) is 2.90. The molecule has 88 valence electrons. The number of ether oxygens (including phenoxy) is 2. The van der Waals surface area contributed by atoms with E-state index >= 15 is 0 Å². The zero-order valence-corrected chi connectivity index (χ0v) is 10.0. The SMILES string of the molecule is COc1c(OC(C)C)cc(C)cc1B(O)O. The van der Waals surface area contributed by atoms with Crippen LogP contribution in [0.3, 0.4) is 0 Å². The number of rotatable bonds is 4. The molecule has 0 spiro atoms. The Hall–Kier alpha value is -1.20. The van der Waals surface area contributed by atoms with Crippen LogP contribution in [0.2, 0.25) is 0 Å². The smallest absolute Gasteiger partial charge is 0.492 e. The van der Waals surface area contributed by atoms with Gasteiger partial charge >= 0.3 is 7.12 Å². The predicted molar refractivity (Wildman–Crippen MR) is 63.3 cm³/mol. The van der Waals surface area contributed by atoms with Crippen LogP contribution in [0.4, 0.5) is 0 Å². The van der Waals surface area contributed by atoms with Crippen LogP contribution in [0.25, 0.3) is 0 Å². The number of hydrogen-bond acceptors (Lipinski definition) is 4. The maximum atomic E-state index is 9.24. The Morgan fingerprint density at radius 2 is 1.88 bits per heavy atom. The van der Waals surface area contributed by atoms with E-state index in [2.05, 4.69) is 0 Å². The van der Waals surface area contributed by atoms with Crippen LogP contribution in [-0.4, -0.2) is 30.4 Å². The quantitative estimate of drug-likeness (QED) is 0.730. The molecule has 0 aliphatic rings. The summed E-state index contributed by atoms with van der Waals surface area (Å²) in [6.45, 7) is 5.66. The van der Waals surface area contributed by atoms with Gasteiger partial charge in [-0.25, -0.2) is 0 Å². The van der Waals surface area contributed by atoms with Crippen molar-refractivity contribution in [2.45, 2.75) is 26.9 Å². The van der Waals surface area contributed by atoms with Crippen LogP contribution in [0.1, 0.15) is 19.4 Å². The molecule has 16 heavy (non-hydrogen) atoms. The van der Waals surface area contributed by atoms with Gasteiger partial charge < -0.3 is 19.5 Å². The van der Waals surface area contributed by atoms with E-state index in [1.165, 1.54) is 7.11 Å². The second kappa shape index (κ2) is 5.23. The van der Waals surface area contributed by atoms with Crippen molar-refractivity contribution in [2.75, 3.05) is 7.11 Å². The minimum Gasteiger partial charge on any atom is -0.493 e. The molecule has 0 amide bonds. The van der Waals surface area contributed by atoms with Gasteiger partial charge in [0, 0.05) is 5.46 Å². The first-order valence-electron chi connectivity index (χ1n) is 5.17. The second-order valence-electron chi connectivity index (χ2n) is 3.93. The van der Waals surface area contributed by atoms with Crippen LogP contribution in [0.5, 0.6) is 11.5 Å². The highest BCUT2D eigenvalue weighted by atomic mass is 16.5. The molecule has 0 radical (unpaired) electrons. The van der Waals surface area contributed by atoms with Crippen molar-refractivity contribution in [1.82, 2.24) is 0 Å². The molecule has 0 saturated carbocycles. The van der Waals surface area contributed by atoms with Gasteiger partial charge in [0.2, 0.25) is 0 Å². The van der Waals surface area contributed by atoms with E-state index in [9.17, 15) is 10.0 Å². The average molecular weight is 224 g/mol. The first-order valence-corrected chi connectivity index (χ1v) is 5.17. The molecule has 2 N–H and O–H groups in total. The van der Waals surface area contributed by atoms with Crippen LogP contribution in [0.15, 0.2) is 12.1 Å². The van der Waals surface area contributed by atoms with E-state index in [0.29, 0.717) is 17.0 Å². The lowest BCUT2D eigenvalue weighted by Crippen LogP contribution is -2.32. The van der Waals surface area contributed by atoms with Crippen molar-refractivity contribution in [3.05, 3.63) is 17.7 Å². The van der Waals surface area contributed by atoms with Crippen LogP contribution >= 0.6 is 0 Å². The Morgan fingerprint density at radius 3 is 2.31 bits per heavy atom. The van der Waals surface area contributed by atoms with Gasteiger partial charge in [-0.2, -0.15) is 0 Å². The average Bonchev–Trinajstić information content (AvgIpc) is 2.15. The van der Waals surface area contributed by atoms with Gasteiger partial charge in [0.25, 0.3) is 0 Å². The fourth-order valence-corrected chi connectivity index (χ4v) is 1.52. The minimum atomic E-state index is -1.57. The normalized spacial score (nSPS) is 10.4. The number of benzene rings is 1. The summed E-state index contributed by atoms with van der Waals surface area (Å²) in [5.74, 6) is 0.898. The lowest BCUT2D eigenvalue weighted by molar-refractivity contribution is 0.230. The Labute approximate surface area is 96.0 Å². The molecule has 0 aliphatic heterocycles. The Balaban J connectivity index is 3.24. The number of hydrogen-bond donors (Lipinski definition) is 2. The summed E-state index contributed by atoms with van der Waals surface area (Å²) in [6, 6.07) is 3.47. The summed E-state index contributed by atoms with van der Waals surface area (Å²) in [6.07, 6.45) is -0.000569. The van der Waals surface area contributed by atoms with Crippen molar-refractivity contribution < 1.29 is 19.5 Å². The molecule has 0 unspecified atom stereocenters. The molecule has 1 aromatic rings. The van der Waals surface area contributed by atoms with Crippen molar-refractivity contribution >= 4 is 12.6 Å². The molecular formula is C11H17BO4. The highest BCUT2D eigenvalue weighted by Crippen LogP contribution is 2.27. The van der Waals surface area contributed by atoms with Crippen molar-refractivity contribution in [1.29, 1.82) is 0 Å². The van der Waals surface area contributed by atoms with Crippen LogP contribution < -0.4 is 14.9 Å². The number of methoxy groups -OCH3 is 1. The molecular weight excluding hydrogens is 207 g/mol. The molecule has 0 bridgehead atoms. The highest BCUT2D eigenvalue weighted by molar-refractivity contribution is 6.59. The van der Waals surface area contributed by atoms with E-state index in [-0.39, 0.29) is 6.10 Å². The molecule has 4 nitrogen and oxygen atoms in total. The Kier molecular flexibility index (Phi) is 4.21. The van der Waals surface area contributed by atoms with Gasteiger partial charge in [-0.3, -0.25) is 0 Å². The molecule has 0 fully saturated rings. The van der Waals surface area contributed by atoms with E-state index in [0.717, 1.165) is 5.56 Å². The van der Waals surface area contributed by atoms with Gasteiger partial charge in [-0.1, -0.05) is 6.07 Å². The van der Waals surface area contributed by atoms with E-state index in [1.807, 2.05) is 26.8 Å². The Bertz CT molecular complexity index is 363.